The van der Waals surface area contributed by atoms with Crippen molar-refractivity contribution in [2.45, 2.75) is 6.92 Å². The molecular formula is C16H15NO4. The number of amides is 1. The van der Waals surface area contributed by atoms with Crippen LogP contribution in [0.15, 0.2) is 36.4 Å². The van der Waals surface area contributed by atoms with E-state index >= 15 is 0 Å². The first-order chi connectivity index (χ1) is 10.1. The molecule has 0 spiro atoms. The zero-order valence-electron chi connectivity index (χ0n) is 11.8. The van der Waals surface area contributed by atoms with Gasteiger partial charge in [0.15, 0.2) is 6.61 Å². The predicted molar refractivity (Wildman–Crippen MR) is 78.5 cm³/mol. The Balaban J connectivity index is 2.18. The Bertz CT molecular complexity index is 691. The molecule has 1 N–H and O–H groups in total. The number of phenols is 1. The maximum atomic E-state index is 12.3. The summed E-state index contributed by atoms with van der Waals surface area (Å²) < 4.78 is 10.6. The van der Waals surface area contributed by atoms with Gasteiger partial charge >= 0.3 is 0 Å². The second-order valence-corrected chi connectivity index (χ2v) is 4.79. The molecule has 2 aromatic carbocycles. The van der Waals surface area contributed by atoms with E-state index in [0.29, 0.717) is 22.9 Å². The van der Waals surface area contributed by atoms with Gasteiger partial charge in [-0.1, -0.05) is 12.1 Å². The number of carbonyl (C=O) groups excluding carboxylic acids is 1. The van der Waals surface area contributed by atoms with Crippen LogP contribution in [0.25, 0.3) is 0 Å². The number of methoxy groups -OCH3 is 1. The number of phenolic OH excluding ortho intramolecular Hbond substituents is 1. The Morgan fingerprint density at radius 3 is 2.81 bits per heavy atom. The zero-order valence-corrected chi connectivity index (χ0v) is 11.8. The first-order valence-electron chi connectivity index (χ1n) is 6.54. The second-order valence-electron chi connectivity index (χ2n) is 4.79. The number of fused-ring (bicyclic) bond motifs is 1. The summed E-state index contributed by atoms with van der Waals surface area (Å²) >= 11 is 0. The monoisotopic (exact) mass is 285 g/mol. The summed E-state index contributed by atoms with van der Waals surface area (Å²) in [7, 11) is 1.57. The number of aryl methyl sites for hydroxylation is 1. The molecule has 0 bridgehead atoms. The van der Waals surface area contributed by atoms with Crippen molar-refractivity contribution in [2.75, 3.05) is 18.6 Å². The van der Waals surface area contributed by atoms with E-state index in [9.17, 15) is 9.90 Å². The molecule has 0 saturated heterocycles. The van der Waals surface area contributed by atoms with Crippen molar-refractivity contribution in [1.82, 2.24) is 0 Å². The van der Waals surface area contributed by atoms with E-state index in [2.05, 4.69) is 0 Å². The first kappa shape index (κ1) is 13.3. The van der Waals surface area contributed by atoms with Gasteiger partial charge in [-0.2, -0.15) is 0 Å². The molecule has 5 heteroatoms. The number of rotatable bonds is 2. The molecule has 0 aromatic heterocycles. The maximum Gasteiger partial charge on any atom is 0.269 e. The van der Waals surface area contributed by atoms with E-state index in [1.54, 1.807) is 37.4 Å². The van der Waals surface area contributed by atoms with Gasteiger partial charge in [-0.05, 0) is 30.7 Å². The summed E-state index contributed by atoms with van der Waals surface area (Å²) in [6.07, 6.45) is 0. The van der Waals surface area contributed by atoms with Crippen molar-refractivity contribution in [3.05, 3.63) is 42.0 Å². The normalized spacial score (nSPS) is 13.6. The quantitative estimate of drug-likeness (QED) is 0.921. The SMILES string of the molecule is COc1ccc2c(c1)OCC(=O)N2c1c(C)cccc1O. The fourth-order valence-electron chi connectivity index (χ4n) is 2.44. The van der Waals surface area contributed by atoms with Gasteiger partial charge in [0.05, 0.1) is 18.5 Å². The fraction of sp³-hybridized carbons (Fsp3) is 0.188. The number of hydrogen-bond acceptors (Lipinski definition) is 4. The molecular weight excluding hydrogens is 270 g/mol. The van der Waals surface area contributed by atoms with E-state index in [-0.39, 0.29) is 18.3 Å². The lowest BCUT2D eigenvalue weighted by molar-refractivity contribution is -0.120. The van der Waals surface area contributed by atoms with Crippen LogP contribution in [-0.2, 0) is 4.79 Å². The lowest BCUT2D eigenvalue weighted by Crippen LogP contribution is -2.35. The molecule has 108 valence electrons. The summed E-state index contributed by atoms with van der Waals surface area (Å²) in [6.45, 7) is 1.77. The van der Waals surface area contributed by atoms with Gasteiger partial charge in [0.2, 0.25) is 0 Å². The lowest BCUT2D eigenvalue weighted by atomic mass is 10.1. The van der Waals surface area contributed by atoms with Crippen LogP contribution < -0.4 is 14.4 Å². The van der Waals surface area contributed by atoms with Gasteiger partial charge < -0.3 is 14.6 Å². The van der Waals surface area contributed by atoms with Crippen LogP contribution in [0.5, 0.6) is 17.2 Å². The number of aromatic hydroxyl groups is 1. The number of ether oxygens (including phenoxy) is 2. The van der Waals surface area contributed by atoms with Crippen molar-refractivity contribution in [2.24, 2.45) is 0 Å². The first-order valence-corrected chi connectivity index (χ1v) is 6.54. The summed E-state index contributed by atoms with van der Waals surface area (Å²) in [5.41, 5.74) is 1.89. The van der Waals surface area contributed by atoms with E-state index in [0.717, 1.165) is 5.56 Å². The number of nitrogens with zero attached hydrogens (tertiary/aromatic N) is 1. The highest BCUT2D eigenvalue weighted by molar-refractivity contribution is 6.06. The van der Waals surface area contributed by atoms with Crippen molar-refractivity contribution in [1.29, 1.82) is 0 Å². The van der Waals surface area contributed by atoms with Gasteiger partial charge in [-0.15, -0.1) is 0 Å². The molecule has 0 saturated carbocycles. The Morgan fingerprint density at radius 2 is 2.10 bits per heavy atom. The number of benzene rings is 2. The van der Waals surface area contributed by atoms with Crippen LogP contribution in [0.2, 0.25) is 0 Å². The minimum absolute atomic E-state index is 0.0621. The number of anilines is 2. The van der Waals surface area contributed by atoms with Gasteiger partial charge in [0.1, 0.15) is 17.2 Å². The van der Waals surface area contributed by atoms with E-state index < -0.39 is 0 Å². The summed E-state index contributed by atoms with van der Waals surface area (Å²) in [5, 5.41) is 10.1. The third-order valence-electron chi connectivity index (χ3n) is 3.45. The molecule has 1 aliphatic rings. The Kier molecular flexibility index (Phi) is 3.17. The molecule has 2 aromatic rings. The van der Waals surface area contributed by atoms with Gasteiger partial charge in [0.25, 0.3) is 5.91 Å². The summed E-state index contributed by atoms with van der Waals surface area (Å²) in [5.74, 6) is 1.04. The van der Waals surface area contributed by atoms with Gasteiger partial charge in [0, 0.05) is 6.07 Å². The highest BCUT2D eigenvalue weighted by Gasteiger charge is 2.30. The number of hydrogen-bond donors (Lipinski definition) is 1. The standard InChI is InChI=1S/C16H15NO4/c1-10-4-3-5-13(18)16(10)17-12-7-6-11(20-2)8-14(12)21-9-15(17)19/h3-8,18H,9H2,1-2H3. The van der Waals surface area contributed by atoms with Crippen LogP contribution in [0.3, 0.4) is 0 Å². The minimum Gasteiger partial charge on any atom is -0.506 e. The fourth-order valence-corrected chi connectivity index (χ4v) is 2.44. The molecule has 0 atom stereocenters. The molecule has 0 aliphatic carbocycles. The van der Waals surface area contributed by atoms with Gasteiger partial charge in [-0.3, -0.25) is 9.69 Å². The molecule has 0 unspecified atom stereocenters. The number of para-hydroxylation sites is 1. The smallest absolute Gasteiger partial charge is 0.269 e. The van der Waals surface area contributed by atoms with Crippen LogP contribution in [0, 0.1) is 6.92 Å². The van der Waals surface area contributed by atoms with Crippen LogP contribution >= 0.6 is 0 Å². The zero-order chi connectivity index (χ0) is 15.0. The largest absolute Gasteiger partial charge is 0.506 e. The molecule has 3 rings (SSSR count). The maximum absolute atomic E-state index is 12.3. The molecule has 1 amide bonds. The Labute approximate surface area is 122 Å². The van der Waals surface area contributed by atoms with Crippen molar-refractivity contribution in [3.63, 3.8) is 0 Å². The van der Waals surface area contributed by atoms with E-state index in [1.165, 1.54) is 4.90 Å². The Hall–Kier alpha value is -2.69. The van der Waals surface area contributed by atoms with E-state index in [4.69, 9.17) is 9.47 Å². The molecule has 0 fully saturated rings. The van der Waals surface area contributed by atoms with Crippen LogP contribution in [-0.4, -0.2) is 24.7 Å². The minimum atomic E-state index is -0.225. The Morgan fingerprint density at radius 1 is 1.29 bits per heavy atom. The topological polar surface area (TPSA) is 59.0 Å². The van der Waals surface area contributed by atoms with Crippen LogP contribution in [0.4, 0.5) is 11.4 Å². The average molecular weight is 285 g/mol. The molecule has 0 radical (unpaired) electrons. The highest BCUT2D eigenvalue weighted by atomic mass is 16.5. The molecule has 5 nitrogen and oxygen atoms in total. The second kappa shape index (κ2) is 5.01. The van der Waals surface area contributed by atoms with Crippen molar-refractivity contribution < 1.29 is 19.4 Å². The van der Waals surface area contributed by atoms with Crippen LogP contribution in [0.1, 0.15) is 5.56 Å². The number of carbonyl (C=O) groups is 1. The molecule has 21 heavy (non-hydrogen) atoms. The van der Waals surface area contributed by atoms with E-state index in [1.807, 2.05) is 13.0 Å². The summed E-state index contributed by atoms with van der Waals surface area (Å²) in [4.78, 5) is 13.8. The predicted octanol–water partition coefficient (Wildman–Crippen LogP) is 2.77. The van der Waals surface area contributed by atoms with Crippen molar-refractivity contribution >= 4 is 17.3 Å². The third-order valence-corrected chi connectivity index (χ3v) is 3.45. The molecule has 1 heterocycles. The summed E-state index contributed by atoms with van der Waals surface area (Å²) in [6, 6.07) is 10.4. The lowest BCUT2D eigenvalue weighted by Gasteiger charge is -2.31. The highest BCUT2D eigenvalue weighted by Crippen LogP contribution is 2.43. The van der Waals surface area contributed by atoms with Crippen molar-refractivity contribution in [3.8, 4) is 17.2 Å². The van der Waals surface area contributed by atoms with Gasteiger partial charge in [-0.25, -0.2) is 0 Å². The average Bonchev–Trinajstić information content (AvgIpc) is 2.48. The third kappa shape index (κ3) is 2.16. The molecule has 1 aliphatic heterocycles.